The zero-order valence-corrected chi connectivity index (χ0v) is 12.8. The maximum atomic E-state index is 12.1. The number of amides is 1. The molecule has 1 aromatic rings. The molecule has 0 atom stereocenters. The van der Waals surface area contributed by atoms with Gasteiger partial charge >= 0.3 is 0 Å². The molecule has 2 N–H and O–H groups in total. The van der Waals surface area contributed by atoms with Crippen LogP contribution < -0.4 is 5.73 Å². The van der Waals surface area contributed by atoms with Crippen LogP contribution in [0.3, 0.4) is 0 Å². The van der Waals surface area contributed by atoms with Crippen molar-refractivity contribution in [1.82, 2.24) is 4.90 Å². The molecule has 1 amide bonds. The lowest BCUT2D eigenvalue weighted by molar-refractivity contribution is -0.132. The van der Waals surface area contributed by atoms with E-state index in [9.17, 15) is 4.79 Å². The van der Waals surface area contributed by atoms with E-state index in [2.05, 4.69) is 15.9 Å². The van der Waals surface area contributed by atoms with Crippen LogP contribution in [0, 0.1) is 5.41 Å². The van der Waals surface area contributed by atoms with Crippen LogP contribution >= 0.6 is 15.9 Å². The number of nitrogens with two attached hydrogens (primary N) is 1. The van der Waals surface area contributed by atoms with Crippen LogP contribution in [0.15, 0.2) is 28.7 Å². The molecular formula is C14H21BrN2O. The highest BCUT2D eigenvalue weighted by atomic mass is 79.9. The summed E-state index contributed by atoms with van der Waals surface area (Å²) in [6.07, 6.45) is 0.480. The summed E-state index contributed by atoms with van der Waals surface area (Å²) in [7, 11) is 1.83. The summed E-state index contributed by atoms with van der Waals surface area (Å²) in [5.41, 5.74) is 6.63. The smallest absolute Gasteiger partial charge is 0.223 e. The van der Waals surface area contributed by atoms with Crippen molar-refractivity contribution in [1.29, 1.82) is 0 Å². The SMILES string of the molecule is CN(Cc1cccc(Br)c1)C(=O)CC(C)(C)CN. The fourth-order valence-electron chi connectivity index (χ4n) is 1.61. The van der Waals surface area contributed by atoms with Crippen molar-refractivity contribution in [2.24, 2.45) is 11.1 Å². The number of hydrogen-bond acceptors (Lipinski definition) is 2. The highest BCUT2D eigenvalue weighted by Gasteiger charge is 2.22. The van der Waals surface area contributed by atoms with Gasteiger partial charge in [-0.25, -0.2) is 0 Å². The molecule has 0 saturated carbocycles. The number of hydrogen-bond donors (Lipinski definition) is 1. The summed E-state index contributed by atoms with van der Waals surface area (Å²) in [4.78, 5) is 13.8. The monoisotopic (exact) mass is 312 g/mol. The van der Waals surface area contributed by atoms with E-state index in [1.54, 1.807) is 4.90 Å². The molecule has 18 heavy (non-hydrogen) atoms. The Bertz CT molecular complexity index is 418. The zero-order chi connectivity index (χ0) is 13.8. The van der Waals surface area contributed by atoms with Crippen molar-refractivity contribution in [3.8, 4) is 0 Å². The number of halogens is 1. The van der Waals surface area contributed by atoms with Gasteiger partial charge in [0.25, 0.3) is 0 Å². The highest BCUT2D eigenvalue weighted by molar-refractivity contribution is 9.10. The molecule has 0 radical (unpaired) electrons. The Morgan fingerprint density at radius 2 is 2.11 bits per heavy atom. The number of rotatable bonds is 5. The van der Waals surface area contributed by atoms with Crippen LogP contribution in [0.4, 0.5) is 0 Å². The zero-order valence-electron chi connectivity index (χ0n) is 11.2. The van der Waals surface area contributed by atoms with Crippen LogP contribution in [0.25, 0.3) is 0 Å². The van der Waals surface area contributed by atoms with Crippen LogP contribution in [0.1, 0.15) is 25.8 Å². The van der Waals surface area contributed by atoms with Gasteiger partial charge in [0.1, 0.15) is 0 Å². The number of carbonyl (C=O) groups excluding carboxylic acids is 1. The summed E-state index contributed by atoms with van der Waals surface area (Å²) < 4.78 is 1.03. The minimum Gasteiger partial charge on any atom is -0.341 e. The van der Waals surface area contributed by atoms with Crippen LogP contribution in [0.2, 0.25) is 0 Å². The lowest BCUT2D eigenvalue weighted by Gasteiger charge is -2.25. The molecule has 4 heteroatoms. The Labute approximate surface area is 117 Å². The summed E-state index contributed by atoms with van der Waals surface area (Å²) in [6.45, 7) is 5.16. The highest BCUT2D eigenvalue weighted by Crippen LogP contribution is 2.20. The second kappa shape index (κ2) is 6.34. The van der Waals surface area contributed by atoms with E-state index in [1.807, 2.05) is 45.2 Å². The van der Waals surface area contributed by atoms with E-state index in [1.165, 1.54) is 0 Å². The first-order chi connectivity index (χ1) is 8.34. The second-order valence-electron chi connectivity index (χ2n) is 5.42. The Kier molecular flexibility index (Phi) is 5.35. The lowest BCUT2D eigenvalue weighted by Crippen LogP contribution is -2.34. The molecule has 0 aliphatic rings. The van der Waals surface area contributed by atoms with E-state index in [0.29, 0.717) is 19.5 Å². The lowest BCUT2D eigenvalue weighted by atomic mass is 9.89. The van der Waals surface area contributed by atoms with Crippen molar-refractivity contribution in [3.63, 3.8) is 0 Å². The van der Waals surface area contributed by atoms with Crippen molar-refractivity contribution in [3.05, 3.63) is 34.3 Å². The largest absolute Gasteiger partial charge is 0.341 e. The van der Waals surface area contributed by atoms with Gasteiger partial charge in [-0.2, -0.15) is 0 Å². The van der Waals surface area contributed by atoms with Gasteiger partial charge in [0.15, 0.2) is 0 Å². The molecule has 0 fully saturated rings. The molecule has 100 valence electrons. The molecule has 0 aliphatic carbocycles. The molecular weight excluding hydrogens is 292 g/mol. The fraction of sp³-hybridized carbons (Fsp3) is 0.500. The number of benzene rings is 1. The van der Waals surface area contributed by atoms with Gasteiger partial charge in [-0.15, -0.1) is 0 Å². The molecule has 0 aliphatic heterocycles. The van der Waals surface area contributed by atoms with Gasteiger partial charge in [0, 0.05) is 24.5 Å². The van der Waals surface area contributed by atoms with E-state index in [4.69, 9.17) is 5.73 Å². The molecule has 1 rings (SSSR count). The standard InChI is InChI=1S/C14H21BrN2O/c1-14(2,10-16)8-13(18)17(3)9-11-5-4-6-12(15)7-11/h4-7H,8-10,16H2,1-3H3. The Balaban J connectivity index is 2.60. The summed E-state index contributed by atoms with van der Waals surface area (Å²) in [5, 5.41) is 0. The normalized spacial score (nSPS) is 11.4. The van der Waals surface area contributed by atoms with Gasteiger partial charge in [0.05, 0.1) is 0 Å². The quantitative estimate of drug-likeness (QED) is 0.908. The second-order valence-corrected chi connectivity index (χ2v) is 6.34. The third-order valence-electron chi connectivity index (χ3n) is 2.92. The predicted molar refractivity (Wildman–Crippen MR) is 78.1 cm³/mol. The Hall–Kier alpha value is -0.870. The summed E-state index contributed by atoms with van der Waals surface area (Å²) in [6, 6.07) is 7.99. The molecule has 0 unspecified atom stereocenters. The van der Waals surface area contributed by atoms with Gasteiger partial charge in [0.2, 0.25) is 5.91 Å². The third-order valence-corrected chi connectivity index (χ3v) is 3.41. The van der Waals surface area contributed by atoms with Crippen molar-refractivity contribution in [2.75, 3.05) is 13.6 Å². The summed E-state index contributed by atoms with van der Waals surface area (Å²) in [5.74, 6) is 0.130. The van der Waals surface area contributed by atoms with E-state index < -0.39 is 0 Å². The molecule has 0 heterocycles. The molecule has 3 nitrogen and oxygen atoms in total. The number of nitrogens with zero attached hydrogens (tertiary/aromatic N) is 1. The summed E-state index contributed by atoms with van der Waals surface area (Å²) >= 11 is 3.43. The van der Waals surface area contributed by atoms with Crippen LogP contribution in [0.5, 0.6) is 0 Å². The average Bonchev–Trinajstić information content (AvgIpc) is 2.28. The minimum atomic E-state index is -0.136. The van der Waals surface area contributed by atoms with Gasteiger partial charge in [-0.1, -0.05) is 41.9 Å². The predicted octanol–water partition coefficient (Wildman–Crippen LogP) is 2.78. The van der Waals surface area contributed by atoms with Gasteiger partial charge < -0.3 is 10.6 Å². The number of carbonyl (C=O) groups is 1. The first-order valence-electron chi connectivity index (χ1n) is 6.02. The first-order valence-corrected chi connectivity index (χ1v) is 6.82. The van der Waals surface area contributed by atoms with Crippen molar-refractivity contribution in [2.45, 2.75) is 26.8 Å². The maximum Gasteiger partial charge on any atom is 0.223 e. The molecule has 0 spiro atoms. The molecule has 0 saturated heterocycles. The van der Waals surface area contributed by atoms with Crippen molar-refractivity contribution >= 4 is 21.8 Å². The van der Waals surface area contributed by atoms with E-state index in [-0.39, 0.29) is 11.3 Å². The third kappa shape index (κ3) is 4.78. The topological polar surface area (TPSA) is 46.3 Å². The Morgan fingerprint density at radius 3 is 2.67 bits per heavy atom. The van der Waals surface area contributed by atoms with Crippen LogP contribution in [-0.2, 0) is 11.3 Å². The molecule has 1 aromatic carbocycles. The Morgan fingerprint density at radius 1 is 1.44 bits per heavy atom. The first kappa shape index (κ1) is 15.2. The van der Waals surface area contributed by atoms with Gasteiger partial charge in [-0.3, -0.25) is 4.79 Å². The molecule has 0 bridgehead atoms. The maximum absolute atomic E-state index is 12.1. The van der Waals surface area contributed by atoms with E-state index in [0.717, 1.165) is 10.0 Å². The average molecular weight is 313 g/mol. The molecule has 0 aromatic heterocycles. The fourth-order valence-corrected chi connectivity index (χ4v) is 2.06. The minimum absolute atomic E-state index is 0.130. The van der Waals surface area contributed by atoms with E-state index >= 15 is 0 Å². The van der Waals surface area contributed by atoms with Crippen molar-refractivity contribution < 1.29 is 4.79 Å². The van der Waals surface area contributed by atoms with Crippen LogP contribution in [-0.4, -0.2) is 24.4 Å². The van der Waals surface area contributed by atoms with Gasteiger partial charge in [-0.05, 0) is 29.7 Å².